The first kappa shape index (κ1) is 14.8. The minimum atomic E-state index is -0.0546. The molecule has 1 fully saturated rings. The molecule has 1 aromatic carbocycles. The Morgan fingerprint density at radius 2 is 2.05 bits per heavy atom. The van der Waals surface area contributed by atoms with Gasteiger partial charge in [0.2, 0.25) is 5.91 Å². The highest BCUT2D eigenvalue weighted by molar-refractivity contribution is 5.90. The Labute approximate surface area is 130 Å². The smallest absolute Gasteiger partial charge is 0.217 e. The lowest BCUT2D eigenvalue weighted by Gasteiger charge is -2.29. The first-order chi connectivity index (χ1) is 10.7. The van der Waals surface area contributed by atoms with Crippen molar-refractivity contribution in [2.75, 3.05) is 37.7 Å². The summed E-state index contributed by atoms with van der Waals surface area (Å²) in [5.41, 5.74) is 3.19. The van der Waals surface area contributed by atoms with Crippen LogP contribution >= 0.6 is 0 Å². The molecule has 1 N–H and O–H groups in total. The maximum absolute atomic E-state index is 10.9. The molecule has 6 nitrogen and oxygen atoms in total. The van der Waals surface area contributed by atoms with E-state index in [1.165, 1.54) is 12.6 Å². The number of carbonyl (C=O) groups excluding carboxylic acids is 1. The van der Waals surface area contributed by atoms with E-state index in [0.717, 1.165) is 44.0 Å². The number of hydrogen-bond acceptors (Lipinski definition) is 5. The van der Waals surface area contributed by atoms with Gasteiger partial charge in [-0.3, -0.25) is 4.79 Å². The number of nitrogens with zero attached hydrogens (tertiary/aromatic N) is 2. The minimum Gasteiger partial charge on any atom is -0.387 e. The number of morpholine rings is 1. The van der Waals surface area contributed by atoms with Crippen LogP contribution in [0.5, 0.6) is 0 Å². The standard InChI is InChI=1S/C16H21N3O3/c1-12(20)17-11-14-10-16(22-18-14)13-2-4-15(5-3-13)19-6-8-21-9-7-19/h2-5,16H,6-11H2,1H3,(H,17,20). The van der Waals surface area contributed by atoms with Crippen LogP contribution in [0.3, 0.4) is 0 Å². The van der Waals surface area contributed by atoms with Crippen molar-refractivity contribution < 1.29 is 14.4 Å². The van der Waals surface area contributed by atoms with Gasteiger partial charge in [0.15, 0.2) is 6.10 Å². The van der Waals surface area contributed by atoms with Crippen molar-refractivity contribution in [3.05, 3.63) is 29.8 Å². The number of nitrogens with one attached hydrogen (secondary N) is 1. The first-order valence-corrected chi connectivity index (χ1v) is 7.61. The predicted molar refractivity (Wildman–Crippen MR) is 84.0 cm³/mol. The summed E-state index contributed by atoms with van der Waals surface area (Å²) in [4.78, 5) is 18.7. The van der Waals surface area contributed by atoms with Crippen molar-refractivity contribution in [3.8, 4) is 0 Å². The average molecular weight is 303 g/mol. The second kappa shape index (κ2) is 6.79. The third-order valence-electron chi connectivity index (χ3n) is 3.91. The number of benzene rings is 1. The molecule has 3 rings (SSSR count). The van der Waals surface area contributed by atoms with Crippen LogP contribution in [-0.2, 0) is 14.4 Å². The van der Waals surface area contributed by atoms with Crippen molar-refractivity contribution in [2.24, 2.45) is 5.16 Å². The van der Waals surface area contributed by atoms with Crippen LogP contribution in [0.2, 0.25) is 0 Å². The van der Waals surface area contributed by atoms with E-state index >= 15 is 0 Å². The number of hydrogen-bond donors (Lipinski definition) is 1. The monoisotopic (exact) mass is 303 g/mol. The fourth-order valence-electron chi connectivity index (χ4n) is 2.66. The molecule has 0 aromatic heterocycles. The molecule has 0 spiro atoms. The molecule has 0 radical (unpaired) electrons. The maximum Gasteiger partial charge on any atom is 0.217 e. The minimum absolute atomic E-state index is 0.0532. The van der Waals surface area contributed by atoms with Gasteiger partial charge in [0.1, 0.15) is 0 Å². The molecule has 1 unspecified atom stereocenters. The molecule has 1 atom stereocenters. The number of amides is 1. The molecule has 22 heavy (non-hydrogen) atoms. The van der Waals surface area contributed by atoms with Crippen LogP contribution in [0.15, 0.2) is 29.4 Å². The van der Waals surface area contributed by atoms with Crippen molar-refractivity contribution in [3.63, 3.8) is 0 Å². The Kier molecular flexibility index (Phi) is 4.58. The number of anilines is 1. The lowest BCUT2D eigenvalue weighted by molar-refractivity contribution is -0.118. The van der Waals surface area contributed by atoms with Gasteiger partial charge in [-0.2, -0.15) is 0 Å². The van der Waals surface area contributed by atoms with Crippen LogP contribution in [0.25, 0.3) is 0 Å². The van der Waals surface area contributed by atoms with Crippen molar-refractivity contribution in [1.29, 1.82) is 0 Å². The Morgan fingerprint density at radius 1 is 1.32 bits per heavy atom. The van der Waals surface area contributed by atoms with E-state index in [1.807, 2.05) is 0 Å². The van der Waals surface area contributed by atoms with E-state index in [9.17, 15) is 4.79 Å². The summed E-state index contributed by atoms with van der Waals surface area (Å²) in [7, 11) is 0. The molecule has 2 heterocycles. The van der Waals surface area contributed by atoms with Crippen LogP contribution in [-0.4, -0.2) is 44.5 Å². The van der Waals surface area contributed by atoms with E-state index in [4.69, 9.17) is 9.57 Å². The zero-order valence-electron chi connectivity index (χ0n) is 12.7. The maximum atomic E-state index is 10.9. The summed E-state index contributed by atoms with van der Waals surface area (Å²) in [5, 5.41) is 6.80. The summed E-state index contributed by atoms with van der Waals surface area (Å²) in [6.07, 6.45) is 0.666. The molecule has 1 amide bonds. The van der Waals surface area contributed by atoms with E-state index < -0.39 is 0 Å². The molecule has 2 aliphatic rings. The SMILES string of the molecule is CC(=O)NCC1=NOC(c2ccc(N3CCOCC3)cc2)C1. The third-order valence-corrected chi connectivity index (χ3v) is 3.91. The van der Waals surface area contributed by atoms with Crippen LogP contribution < -0.4 is 10.2 Å². The molecular weight excluding hydrogens is 282 g/mol. The normalized spacial score (nSPS) is 21.2. The summed E-state index contributed by atoms with van der Waals surface area (Å²) in [5.74, 6) is -0.0546. The largest absolute Gasteiger partial charge is 0.387 e. The van der Waals surface area contributed by atoms with Gasteiger partial charge < -0.3 is 19.8 Å². The van der Waals surface area contributed by atoms with Gasteiger partial charge in [-0.1, -0.05) is 17.3 Å². The van der Waals surface area contributed by atoms with Gasteiger partial charge in [0.25, 0.3) is 0 Å². The van der Waals surface area contributed by atoms with E-state index in [2.05, 4.69) is 39.6 Å². The quantitative estimate of drug-likeness (QED) is 0.915. The van der Waals surface area contributed by atoms with Crippen molar-refractivity contribution >= 4 is 17.3 Å². The molecule has 0 bridgehead atoms. The Bertz CT molecular complexity index is 550. The molecule has 0 aliphatic carbocycles. The Hall–Kier alpha value is -2.08. The second-order valence-electron chi connectivity index (χ2n) is 5.56. The summed E-state index contributed by atoms with van der Waals surface area (Å²) >= 11 is 0. The summed E-state index contributed by atoms with van der Waals surface area (Å²) in [6, 6.07) is 8.42. The number of oxime groups is 1. The Morgan fingerprint density at radius 3 is 2.73 bits per heavy atom. The van der Waals surface area contributed by atoms with Gasteiger partial charge in [0, 0.05) is 32.1 Å². The van der Waals surface area contributed by atoms with Gasteiger partial charge in [-0.15, -0.1) is 0 Å². The highest BCUT2D eigenvalue weighted by Gasteiger charge is 2.23. The molecule has 0 saturated carbocycles. The number of rotatable bonds is 4. The molecule has 118 valence electrons. The number of carbonyl (C=O) groups is 1. The summed E-state index contributed by atoms with van der Waals surface area (Å²) < 4.78 is 5.37. The lowest BCUT2D eigenvalue weighted by atomic mass is 10.0. The average Bonchev–Trinajstić information content (AvgIpc) is 3.03. The lowest BCUT2D eigenvalue weighted by Crippen LogP contribution is -2.36. The van der Waals surface area contributed by atoms with Crippen LogP contribution in [0.1, 0.15) is 25.0 Å². The molecule has 1 aromatic rings. The van der Waals surface area contributed by atoms with E-state index in [1.54, 1.807) is 0 Å². The predicted octanol–water partition coefficient (Wildman–Crippen LogP) is 1.48. The molecule has 2 aliphatic heterocycles. The Balaban J connectivity index is 1.56. The highest BCUT2D eigenvalue weighted by Crippen LogP contribution is 2.28. The van der Waals surface area contributed by atoms with Gasteiger partial charge in [-0.25, -0.2) is 0 Å². The summed E-state index contributed by atoms with van der Waals surface area (Å²) in [6.45, 7) is 5.39. The van der Waals surface area contributed by atoms with E-state index in [0.29, 0.717) is 6.54 Å². The first-order valence-electron chi connectivity index (χ1n) is 7.61. The van der Waals surface area contributed by atoms with Crippen LogP contribution in [0.4, 0.5) is 5.69 Å². The van der Waals surface area contributed by atoms with Gasteiger partial charge in [0.05, 0.1) is 25.5 Å². The molecular formula is C16H21N3O3. The topological polar surface area (TPSA) is 63.2 Å². The van der Waals surface area contributed by atoms with Gasteiger partial charge in [-0.05, 0) is 17.7 Å². The van der Waals surface area contributed by atoms with Crippen molar-refractivity contribution in [1.82, 2.24) is 5.32 Å². The fourth-order valence-corrected chi connectivity index (χ4v) is 2.66. The molecule has 6 heteroatoms. The van der Waals surface area contributed by atoms with E-state index in [-0.39, 0.29) is 12.0 Å². The zero-order valence-corrected chi connectivity index (χ0v) is 12.7. The van der Waals surface area contributed by atoms with Gasteiger partial charge >= 0.3 is 0 Å². The molecule has 1 saturated heterocycles. The second-order valence-corrected chi connectivity index (χ2v) is 5.56. The number of ether oxygens (including phenoxy) is 1. The highest BCUT2D eigenvalue weighted by atomic mass is 16.6. The van der Waals surface area contributed by atoms with Crippen LogP contribution in [0, 0.1) is 0 Å². The third kappa shape index (κ3) is 3.57. The van der Waals surface area contributed by atoms with Crippen molar-refractivity contribution in [2.45, 2.75) is 19.4 Å². The zero-order chi connectivity index (χ0) is 15.4. The fraction of sp³-hybridized carbons (Fsp3) is 0.500.